The van der Waals surface area contributed by atoms with E-state index in [2.05, 4.69) is 15.3 Å². The summed E-state index contributed by atoms with van der Waals surface area (Å²) in [5.74, 6) is 0.918. The van der Waals surface area contributed by atoms with Crippen LogP contribution < -0.4 is 15.8 Å². The van der Waals surface area contributed by atoms with Crippen LogP contribution in [-0.4, -0.2) is 18.1 Å². The van der Waals surface area contributed by atoms with Gasteiger partial charge in [0.2, 0.25) is 5.88 Å². The Kier molecular flexibility index (Phi) is 6.54. The Hall–Kier alpha value is -3.45. The number of methoxy groups -OCH3 is 1. The maximum atomic E-state index is 12.9. The third kappa shape index (κ3) is 5.52. The molecule has 1 heterocycles. The molecule has 0 spiro atoms. The van der Waals surface area contributed by atoms with Crippen molar-refractivity contribution in [3.05, 3.63) is 83.8 Å². The van der Waals surface area contributed by atoms with Crippen LogP contribution in [0.4, 0.5) is 10.1 Å². The monoisotopic (exact) mass is 380 g/mol. The van der Waals surface area contributed by atoms with Crippen LogP contribution in [0.25, 0.3) is 0 Å². The average molecular weight is 380 g/mol. The van der Waals surface area contributed by atoms with Gasteiger partial charge in [-0.3, -0.25) is 0 Å². The number of nitrogens with one attached hydrogen (secondary N) is 1. The second-order valence-corrected chi connectivity index (χ2v) is 5.98. The Bertz CT molecular complexity index is 928. The number of aromatic nitrogens is 1. The maximum absolute atomic E-state index is 12.9. The Labute approximate surface area is 162 Å². The quantitative estimate of drug-likeness (QED) is 0.477. The minimum Gasteiger partial charge on any atom is -0.439 e. The lowest BCUT2D eigenvalue weighted by atomic mass is 10.2. The van der Waals surface area contributed by atoms with E-state index in [4.69, 9.17) is 15.2 Å². The lowest BCUT2D eigenvalue weighted by Gasteiger charge is -2.11. The van der Waals surface area contributed by atoms with Crippen LogP contribution in [0.15, 0.2) is 71.9 Å². The molecule has 0 bridgehead atoms. The van der Waals surface area contributed by atoms with E-state index in [0.29, 0.717) is 30.7 Å². The number of ether oxygens (including phenoxy) is 2. The molecule has 3 N–H and O–H groups in total. The van der Waals surface area contributed by atoms with Crippen molar-refractivity contribution < 1.29 is 13.9 Å². The Balaban J connectivity index is 1.58. The molecule has 3 aromatic rings. The van der Waals surface area contributed by atoms with E-state index < -0.39 is 0 Å². The predicted octanol–water partition coefficient (Wildman–Crippen LogP) is 4.09. The normalized spacial score (nSPS) is 11.3. The Morgan fingerprint density at radius 1 is 1.11 bits per heavy atom. The minimum absolute atomic E-state index is 0.301. The summed E-state index contributed by atoms with van der Waals surface area (Å²) in [6, 6.07) is 17.1. The van der Waals surface area contributed by atoms with Gasteiger partial charge in [-0.05, 0) is 35.9 Å². The topological polar surface area (TPSA) is 81.8 Å². The van der Waals surface area contributed by atoms with Crippen LogP contribution in [0.5, 0.6) is 11.6 Å². The second-order valence-electron chi connectivity index (χ2n) is 5.98. The fourth-order valence-corrected chi connectivity index (χ4v) is 2.47. The van der Waals surface area contributed by atoms with Crippen LogP contribution in [0.1, 0.15) is 11.1 Å². The van der Waals surface area contributed by atoms with Gasteiger partial charge in [0, 0.05) is 30.6 Å². The average Bonchev–Trinajstić information content (AvgIpc) is 2.71. The van der Waals surface area contributed by atoms with Crippen LogP contribution >= 0.6 is 0 Å². The number of aliphatic imine (C=N–C) groups is 1. The fraction of sp³-hybridized carbons (Fsp3) is 0.143. The molecule has 0 radical (unpaired) electrons. The third-order valence-electron chi connectivity index (χ3n) is 3.85. The fourth-order valence-electron chi connectivity index (χ4n) is 2.47. The van der Waals surface area contributed by atoms with Gasteiger partial charge in [0.15, 0.2) is 5.96 Å². The number of anilines is 1. The van der Waals surface area contributed by atoms with Crippen molar-refractivity contribution >= 4 is 11.6 Å². The van der Waals surface area contributed by atoms with Gasteiger partial charge < -0.3 is 20.5 Å². The lowest BCUT2D eigenvalue weighted by Crippen LogP contribution is -2.23. The van der Waals surface area contributed by atoms with Crippen molar-refractivity contribution in [3.63, 3.8) is 0 Å². The van der Waals surface area contributed by atoms with Crippen LogP contribution in [0.2, 0.25) is 0 Å². The highest BCUT2D eigenvalue weighted by Gasteiger charge is 2.03. The van der Waals surface area contributed by atoms with Gasteiger partial charge in [0.25, 0.3) is 0 Å². The van der Waals surface area contributed by atoms with Gasteiger partial charge in [-0.1, -0.05) is 24.3 Å². The van der Waals surface area contributed by atoms with E-state index in [1.807, 2.05) is 30.3 Å². The minimum atomic E-state index is -0.315. The van der Waals surface area contributed by atoms with E-state index in [1.54, 1.807) is 31.5 Å². The smallest absolute Gasteiger partial charge is 0.219 e. The van der Waals surface area contributed by atoms with Crippen molar-refractivity contribution in [2.24, 2.45) is 10.7 Å². The molecule has 144 valence electrons. The van der Waals surface area contributed by atoms with Crippen molar-refractivity contribution in [1.29, 1.82) is 0 Å². The summed E-state index contributed by atoms with van der Waals surface area (Å²) < 4.78 is 23.7. The van der Waals surface area contributed by atoms with Gasteiger partial charge in [-0.15, -0.1) is 0 Å². The zero-order valence-electron chi connectivity index (χ0n) is 15.4. The highest BCUT2D eigenvalue weighted by Crippen LogP contribution is 2.20. The number of pyridine rings is 1. The van der Waals surface area contributed by atoms with Crippen molar-refractivity contribution in [3.8, 4) is 11.6 Å². The summed E-state index contributed by atoms with van der Waals surface area (Å²) >= 11 is 0. The van der Waals surface area contributed by atoms with E-state index in [9.17, 15) is 4.39 Å². The first-order chi connectivity index (χ1) is 13.6. The van der Waals surface area contributed by atoms with E-state index in [-0.39, 0.29) is 5.82 Å². The highest BCUT2D eigenvalue weighted by molar-refractivity contribution is 5.92. The largest absolute Gasteiger partial charge is 0.439 e. The van der Waals surface area contributed by atoms with Gasteiger partial charge >= 0.3 is 0 Å². The van der Waals surface area contributed by atoms with Gasteiger partial charge in [0.05, 0.1) is 13.2 Å². The summed E-state index contributed by atoms with van der Waals surface area (Å²) in [5, 5.41) is 3.09. The molecule has 0 atom stereocenters. The summed E-state index contributed by atoms with van der Waals surface area (Å²) in [5.41, 5.74) is 8.71. The van der Waals surface area contributed by atoms with E-state index in [0.717, 1.165) is 16.8 Å². The highest BCUT2D eigenvalue weighted by atomic mass is 19.1. The molecular formula is C21H21FN4O2. The zero-order valence-corrected chi connectivity index (χ0v) is 15.4. The molecule has 0 aliphatic rings. The number of hydrogen-bond acceptors (Lipinski definition) is 4. The number of para-hydroxylation sites is 1. The van der Waals surface area contributed by atoms with Crippen molar-refractivity contribution in [2.45, 2.75) is 13.2 Å². The number of nitrogens with two attached hydrogens (primary N) is 1. The number of hydrogen-bond donors (Lipinski definition) is 2. The first kappa shape index (κ1) is 19.3. The maximum Gasteiger partial charge on any atom is 0.219 e. The Morgan fingerprint density at radius 3 is 2.61 bits per heavy atom. The van der Waals surface area contributed by atoms with E-state index in [1.165, 1.54) is 12.1 Å². The summed E-state index contributed by atoms with van der Waals surface area (Å²) in [6.45, 7) is 0.852. The molecule has 7 heteroatoms. The number of halogens is 1. The molecule has 0 amide bonds. The summed E-state index contributed by atoms with van der Waals surface area (Å²) in [4.78, 5) is 8.57. The molecule has 0 aliphatic carbocycles. The number of benzene rings is 2. The zero-order chi connectivity index (χ0) is 19.8. The molecule has 1 aromatic heterocycles. The van der Waals surface area contributed by atoms with Crippen LogP contribution in [-0.2, 0) is 17.9 Å². The summed E-state index contributed by atoms with van der Waals surface area (Å²) in [7, 11) is 1.64. The lowest BCUT2D eigenvalue weighted by molar-refractivity contribution is 0.185. The molecule has 0 saturated heterocycles. The molecule has 0 unspecified atom stereocenters. The molecular weight excluding hydrogens is 359 g/mol. The van der Waals surface area contributed by atoms with E-state index >= 15 is 0 Å². The molecule has 28 heavy (non-hydrogen) atoms. The van der Waals surface area contributed by atoms with Crippen molar-refractivity contribution in [1.82, 2.24) is 4.98 Å². The number of guanidine groups is 1. The molecule has 0 aliphatic heterocycles. The SMILES string of the molecule is COCc1ccccc1NC(N)=NCc1ccc(Oc2ccc(F)cc2)nc1. The molecule has 0 fully saturated rings. The second kappa shape index (κ2) is 9.48. The molecule has 6 nitrogen and oxygen atoms in total. The molecule has 3 rings (SSSR count). The third-order valence-corrected chi connectivity index (χ3v) is 3.85. The number of nitrogens with zero attached hydrogens (tertiary/aromatic N) is 2. The predicted molar refractivity (Wildman–Crippen MR) is 107 cm³/mol. The summed E-state index contributed by atoms with van der Waals surface area (Å²) in [6.07, 6.45) is 1.66. The molecule has 2 aromatic carbocycles. The standard InChI is InChI=1S/C21H21FN4O2/c1-27-14-16-4-2-3-5-19(16)26-21(23)25-13-15-6-11-20(24-12-15)28-18-9-7-17(22)8-10-18/h2-12H,13-14H2,1H3,(H3,23,25,26). The first-order valence-corrected chi connectivity index (χ1v) is 8.66. The van der Waals surface area contributed by atoms with Crippen LogP contribution in [0, 0.1) is 5.82 Å². The van der Waals surface area contributed by atoms with Gasteiger partial charge in [0.1, 0.15) is 11.6 Å². The van der Waals surface area contributed by atoms with Crippen LogP contribution in [0.3, 0.4) is 0 Å². The Morgan fingerprint density at radius 2 is 1.89 bits per heavy atom. The molecule has 0 saturated carbocycles. The first-order valence-electron chi connectivity index (χ1n) is 8.66. The van der Waals surface area contributed by atoms with Gasteiger partial charge in [-0.2, -0.15) is 0 Å². The van der Waals surface area contributed by atoms with Gasteiger partial charge in [-0.25, -0.2) is 14.4 Å². The number of rotatable bonds is 7. The van der Waals surface area contributed by atoms with Crippen molar-refractivity contribution in [2.75, 3.05) is 12.4 Å².